The Morgan fingerprint density at radius 3 is 2.45 bits per heavy atom. The molecule has 0 saturated heterocycles. The molecule has 0 saturated carbocycles. The lowest BCUT2D eigenvalue weighted by molar-refractivity contribution is 0.416. The van der Waals surface area contributed by atoms with Crippen molar-refractivity contribution >= 4 is 5.95 Å². The molecule has 1 heterocycles. The molecule has 0 aliphatic carbocycles. The largest absolute Gasteiger partial charge is 0.496 e. The van der Waals surface area contributed by atoms with Crippen molar-refractivity contribution in [3.05, 3.63) is 35.7 Å². The zero-order chi connectivity index (χ0) is 14.5. The maximum atomic E-state index is 8.50. The standard InChI is InChI=1S/C15H16N4O/c1-10-6-13(14(20-3)7-11(10)2)12-8-18-15(19-9-12)17-5-4-16/h6-9H,5H2,1-3H3,(H,17,18,19). The maximum absolute atomic E-state index is 8.50. The highest BCUT2D eigenvalue weighted by Gasteiger charge is 2.09. The minimum absolute atomic E-state index is 0.187. The summed E-state index contributed by atoms with van der Waals surface area (Å²) in [4.78, 5) is 8.38. The molecule has 0 unspecified atom stereocenters. The van der Waals surface area contributed by atoms with E-state index in [1.807, 2.05) is 19.1 Å². The predicted octanol–water partition coefficient (Wildman–Crippen LogP) is 2.70. The molecule has 0 amide bonds. The fraction of sp³-hybridized carbons (Fsp3) is 0.267. The van der Waals surface area contributed by atoms with Crippen LogP contribution in [0.4, 0.5) is 5.95 Å². The van der Waals surface area contributed by atoms with Crippen molar-refractivity contribution in [1.29, 1.82) is 5.26 Å². The summed E-state index contributed by atoms with van der Waals surface area (Å²) in [5, 5.41) is 11.3. The molecule has 1 aromatic heterocycles. The Kier molecular flexibility index (Phi) is 4.16. The van der Waals surface area contributed by atoms with E-state index >= 15 is 0 Å². The van der Waals surface area contributed by atoms with E-state index in [1.165, 1.54) is 11.1 Å². The average molecular weight is 268 g/mol. The number of benzene rings is 1. The Bertz CT molecular complexity index is 644. The monoisotopic (exact) mass is 268 g/mol. The van der Waals surface area contributed by atoms with E-state index in [0.717, 1.165) is 16.9 Å². The zero-order valence-electron chi connectivity index (χ0n) is 11.8. The Labute approximate surface area is 118 Å². The maximum Gasteiger partial charge on any atom is 0.223 e. The fourth-order valence-electron chi connectivity index (χ4n) is 1.86. The zero-order valence-corrected chi connectivity index (χ0v) is 11.8. The lowest BCUT2D eigenvalue weighted by atomic mass is 10.0. The van der Waals surface area contributed by atoms with Gasteiger partial charge in [-0.2, -0.15) is 5.26 Å². The summed E-state index contributed by atoms with van der Waals surface area (Å²) >= 11 is 0. The van der Waals surface area contributed by atoms with Crippen LogP contribution in [-0.2, 0) is 0 Å². The third-order valence-corrected chi connectivity index (χ3v) is 3.10. The van der Waals surface area contributed by atoms with Crippen molar-refractivity contribution in [2.24, 2.45) is 0 Å². The molecule has 0 spiro atoms. The summed E-state index contributed by atoms with van der Waals surface area (Å²) < 4.78 is 5.42. The Morgan fingerprint density at radius 2 is 1.85 bits per heavy atom. The third-order valence-electron chi connectivity index (χ3n) is 3.10. The SMILES string of the molecule is COc1cc(C)c(C)cc1-c1cnc(NCC#N)nc1. The number of methoxy groups -OCH3 is 1. The van der Waals surface area contributed by atoms with Crippen molar-refractivity contribution in [2.75, 3.05) is 19.0 Å². The summed E-state index contributed by atoms with van der Waals surface area (Å²) in [7, 11) is 1.65. The molecule has 0 fully saturated rings. The van der Waals surface area contributed by atoms with Crippen LogP contribution in [0.5, 0.6) is 5.75 Å². The van der Waals surface area contributed by atoms with E-state index in [9.17, 15) is 0 Å². The molecular weight excluding hydrogens is 252 g/mol. The molecule has 1 aromatic carbocycles. The summed E-state index contributed by atoms with van der Waals surface area (Å²) in [6, 6.07) is 6.05. The lowest BCUT2D eigenvalue weighted by Crippen LogP contribution is -2.03. The van der Waals surface area contributed by atoms with Crippen LogP contribution in [0.25, 0.3) is 11.1 Å². The van der Waals surface area contributed by atoms with E-state index in [-0.39, 0.29) is 6.54 Å². The van der Waals surface area contributed by atoms with Gasteiger partial charge in [0.2, 0.25) is 5.95 Å². The molecular formula is C15H16N4O. The van der Waals surface area contributed by atoms with Crippen molar-refractivity contribution in [3.63, 3.8) is 0 Å². The van der Waals surface area contributed by atoms with Gasteiger partial charge in [0.05, 0.1) is 13.2 Å². The van der Waals surface area contributed by atoms with E-state index in [2.05, 4.69) is 28.3 Å². The summed E-state index contributed by atoms with van der Waals surface area (Å²) in [5.74, 6) is 1.24. The number of nitrogens with zero attached hydrogens (tertiary/aromatic N) is 3. The van der Waals surface area contributed by atoms with Gasteiger partial charge in [0, 0.05) is 23.5 Å². The van der Waals surface area contributed by atoms with Crippen LogP contribution in [0.2, 0.25) is 0 Å². The average Bonchev–Trinajstić information content (AvgIpc) is 2.48. The van der Waals surface area contributed by atoms with Crippen molar-refractivity contribution in [2.45, 2.75) is 13.8 Å². The molecule has 0 radical (unpaired) electrons. The first-order valence-corrected chi connectivity index (χ1v) is 6.24. The number of nitrogens with one attached hydrogen (secondary N) is 1. The second-order valence-corrected chi connectivity index (χ2v) is 4.44. The van der Waals surface area contributed by atoms with Gasteiger partial charge in [-0.1, -0.05) is 0 Å². The number of hydrogen-bond donors (Lipinski definition) is 1. The van der Waals surface area contributed by atoms with Gasteiger partial charge >= 0.3 is 0 Å². The minimum atomic E-state index is 0.187. The van der Waals surface area contributed by atoms with Crippen LogP contribution in [0.15, 0.2) is 24.5 Å². The Hall–Kier alpha value is -2.61. The molecule has 20 heavy (non-hydrogen) atoms. The van der Waals surface area contributed by atoms with Crippen LogP contribution in [0.1, 0.15) is 11.1 Å². The van der Waals surface area contributed by atoms with E-state index in [1.54, 1.807) is 19.5 Å². The summed E-state index contributed by atoms with van der Waals surface area (Å²) in [6.45, 7) is 4.29. The number of aryl methyl sites for hydroxylation is 2. The molecule has 5 nitrogen and oxygen atoms in total. The third kappa shape index (κ3) is 2.86. The van der Waals surface area contributed by atoms with Crippen LogP contribution >= 0.6 is 0 Å². The quantitative estimate of drug-likeness (QED) is 0.863. The highest BCUT2D eigenvalue weighted by atomic mass is 16.5. The minimum Gasteiger partial charge on any atom is -0.496 e. The van der Waals surface area contributed by atoms with Gasteiger partial charge in [0.15, 0.2) is 0 Å². The topological polar surface area (TPSA) is 70.8 Å². The van der Waals surface area contributed by atoms with Gasteiger partial charge in [-0.05, 0) is 37.1 Å². The van der Waals surface area contributed by atoms with E-state index < -0.39 is 0 Å². The van der Waals surface area contributed by atoms with Gasteiger partial charge in [0.1, 0.15) is 12.3 Å². The molecule has 2 rings (SSSR count). The van der Waals surface area contributed by atoms with Gasteiger partial charge in [-0.25, -0.2) is 9.97 Å². The lowest BCUT2D eigenvalue weighted by Gasteiger charge is -2.11. The fourth-order valence-corrected chi connectivity index (χ4v) is 1.86. The highest BCUT2D eigenvalue weighted by Crippen LogP contribution is 2.31. The molecule has 1 N–H and O–H groups in total. The molecule has 0 bridgehead atoms. The number of ether oxygens (including phenoxy) is 1. The Morgan fingerprint density at radius 1 is 1.20 bits per heavy atom. The van der Waals surface area contributed by atoms with Crippen molar-refractivity contribution < 1.29 is 4.74 Å². The van der Waals surface area contributed by atoms with E-state index in [0.29, 0.717) is 5.95 Å². The Balaban J connectivity index is 2.36. The first-order chi connectivity index (χ1) is 9.65. The predicted molar refractivity (Wildman–Crippen MR) is 77.6 cm³/mol. The number of nitriles is 1. The van der Waals surface area contributed by atoms with Crippen LogP contribution in [-0.4, -0.2) is 23.6 Å². The van der Waals surface area contributed by atoms with Crippen LogP contribution in [0.3, 0.4) is 0 Å². The second kappa shape index (κ2) is 6.02. The first kappa shape index (κ1) is 13.8. The number of anilines is 1. The first-order valence-electron chi connectivity index (χ1n) is 6.24. The molecule has 0 aliphatic rings. The summed E-state index contributed by atoms with van der Waals surface area (Å²) in [5.41, 5.74) is 4.21. The molecule has 0 aliphatic heterocycles. The number of hydrogen-bond acceptors (Lipinski definition) is 5. The second-order valence-electron chi connectivity index (χ2n) is 4.44. The number of aromatic nitrogens is 2. The van der Waals surface area contributed by atoms with Gasteiger partial charge < -0.3 is 10.1 Å². The normalized spacial score (nSPS) is 9.90. The molecule has 0 atom stereocenters. The highest BCUT2D eigenvalue weighted by molar-refractivity contribution is 5.71. The van der Waals surface area contributed by atoms with Crippen LogP contribution in [0, 0.1) is 25.2 Å². The summed E-state index contributed by atoms with van der Waals surface area (Å²) in [6.07, 6.45) is 3.44. The van der Waals surface area contributed by atoms with E-state index in [4.69, 9.17) is 10.00 Å². The molecule has 2 aromatic rings. The number of rotatable bonds is 4. The van der Waals surface area contributed by atoms with Crippen LogP contribution < -0.4 is 10.1 Å². The smallest absolute Gasteiger partial charge is 0.223 e. The van der Waals surface area contributed by atoms with Crippen molar-refractivity contribution in [1.82, 2.24) is 9.97 Å². The van der Waals surface area contributed by atoms with Crippen molar-refractivity contribution in [3.8, 4) is 22.9 Å². The van der Waals surface area contributed by atoms with Gasteiger partial charge in [-0.3, -0.25) is 0 Å². The molecule has 102 valence electrons. The van der Waals surface area contributed by atoms with Gasteiger partial charge in [-0.15, -0.1) is 0 Å². The molecule has 5 heteroatoms. The van der Waals surface area contributed by atoms with Gasteiger partial charge in [0.25, 0.3) is 0 Å².